The van der Waals surface area contributed by atoms with Crippen molar-refractivity contribution >= 4 is 0 Å². The molecule has 2 heterocycles. The molecule has 0 atom stereocenters. The highest BCUT2D eigenvalue weighted by atomic mass is 16.5. The first kappa shape index (κ1) is 19.8. The van der Waals surface area contributed by atoms with Gasteiger partial charge in [0.2, 0.25) is 0 Å². The third-order valence-corrected chi connectivity index (χ3v) is 4.77. The van der Waals surface area contributed by atoms with E-state index in [9.17, 15) is 0 Å². The standard InChI is InChI=1S/C23H32N2O2/c1-19(2)27-23-13-4-3-8-20(23)18-25-14-6-11-21-9-5-10-22(24-21)12-7-16-26-17-15-25/h3-5,8-10,13,19H,6-7,11-12,14-18H2,1-2H3. The zero-order chi connectivity index (χ0) is 18.9. The highest BCUT2D eigenvalue weighted by Gasteiger charge is 2.12. The molecule has 0 amide bonds. The van der Waals surface area contributed by atoms with E-state index in [4.69, 9.17) is 14.5 Å². The molecular formula is C23H32N2O2. The zero-order valence-electron chi connectivity index (χ0n) is 16.7. The van der Waals surface area contributed by atoms with Gasteiger partial charge in [-0.1, -0.05) is 24.3 Å². The highest BCUT2D eigenvalue weighted by Crippen LogP contribution is 2.21. The van der Waals surface area contributed by atoms with Gasteiger partial charge < -0.3 is 9.47 Å². The molecule has 0 saturated heterocycles. The summed E-state index contributed by atoms with van der Waals surface area (Å²) in [7, 11) is 0. The molecule has 1 aromatic heterocycles. The molecule has 0 fully saturated rings. The Morgan fingerprint density at radius 3 is 2.56 bits per heavy atom. The van der Waals surface area contributed by atoms with Crippen LogP contribution in [-0.2, 0) is 24.1 Å². The average Bonchev–Trinajstić information content (AvgIpc) is 2.66. The van der Waals surface area contributed by atoms with Gasteiger partial charge in [-0.3, -0.25) is 9.88 Å². The number of benzene rings is 1. The minimum absolute atomic E-state index is 0.183. The Morgan fingerprint density at radius 2 is 1.74 bits per heavy atom. The summed E-state index contributed by atoms with van der Waals surface area (Å²) >= 11 is 0. The molecule has 27 heavy (non-hydrogen) atoms. The number of hydrogen-bond acceptors (Lipinski definition) is 4. The monoisotopic (exact) mass is 368 g/mol. The van der Waals surface area contributed by atoms with E-state index in [0.717, 1.165) is 64.3 Å². The maximum Gasteiger partial charge on any atom is 0.124 e. The summed E-state index contributed by atoms with van der Waals surface area (Å²) in [6.07, 6.45) is 4.33. The quantitative estimate of drug-likeness (QED) is 0.807. The second-order valence-electron chi connectivity index (χ2n) is 7.49. The first-order valence-corrected chi connectivity index (χ1v) is 10.2. The third-order valence-electron chi connectivity index (χ3n) is 4.77. The van der Waals surface area contributed by atoms with Crippen LogP contribution in [0.1, 0.15) is 43.6 Å². The van der Waals surface area contributed by atoms with E-state index in [1.54, 1.807) is 0 Å². The molecule has 0 radical (unpaired) electrons. The van der Waals surface area contributed by atoms with Crippen molar-refractivity contribution < 1.29 is 9.47 Å². The van der Waals surface area contributed by atoms with Gasteiger partial charge in [-0.2, -0.15) is 0 Å². The van der Waals surface area contributed by atoms with Crippen LogP contribution in [0.2, 0.25) is 0 Å². The molecule has 1 aromatic carbocycles. The fourth-order valence-corrected chi connectivity index (χ4v) is 3.46. The molecule has 0 unspecified atom stereocenters. The van der Waals surface area contributed by atoms with Crippen LogP contribution in [-0.4, -0.2) is 42.3 Å². The van der Waals surface area contributed by atoms with E-state index >= 15 is 0 Å². The van der Waals surface area contributed by atoms with Crippen molar-refractivity contribution in [1.82, 2.24) is 9.88 Å². The lowest BCUT2D eigenvalue weighted by Gasteiger charge is -2.24. The number of rotatable bonds is 4. The van der Waals surface area contributed by atoms with Crippen molar-refractivity contribution in [3.05, 3.63) is 59.4 Å². The summed E-state index contributed by atoms with van der Waals surface area (Å²) in [5.74, 6) is 0.991. The summed E-state index contributed by atoms with van der Waals surface area (Å²) < 4.78 is 11.9. The van der Waals surface area contributed by atoms with Crippen LogP contribution in [0.25, 0.3) is 0 Å². The molecule has 0 saturated carbocycles. The van der Waals surface area contributed by atoms with Gasteiger partial charge in [-0.15, -0.1) is 0 Å². The van der Waals surface area contributed by atoms with E-state index in [0.29, 0.717) is 0 Å². The molecule has 2 bridgehead atoms. The Bertz CT molecular complexity index is 702. The van der Waals surface area contributed by atoms with Gasteiger partial charge in [0.25, 0.3) is 0 Å². The molecule has 146 valence electrons. The third kappa shape index (κ3) is 6.64. The number of para-hydroxylation sites is 1. The van der Waals surface area contributed by atoms with E-state index in [1.165, 1.54) is 17.0 Å². The Morgan fingerprint density at radius 1 is 0.963 bits per heavy atom. The first-order chi connectivity index (χ1) is 13.2. The van der Waals surface area contributed by atoms with Crippen LogP contribution >= 0.6 is 0 Å². The predicted molar refractivity (Wildman–Crippen MR) is 109 cm³/mol. The molecule has 3 rings (SSSR count). The van der Waals surface area contributed by atoms with Crippen LogP contribution in [0.4, 0.5) is 0 Å². The lowest BCUT2D eigenvalue weighted by atomic mass is 10.1. The molecule has 2 aromatic rings. The number of aromatic nitrogens is 1. The smallest absolute Gasteiger partial charge is 0.124 e. The van der Waals surface area contributed by atoms with Gasteiger partial charge in [0.1, 0.15) is 5.75 Å². The topological polar surface area (TPSA) is 34.6 Å². The normalized spacial score (nSPS) is 17.0. The van der Waals surface area contributed by atoms with Crippen molar-refractivity contribution in [2.45, 2.75) is 52.2 Å². The van der Waals surface area contributed by atoms with E-state index in [-0.39, 0.29) is 6.10 Å². The average molecular weight is 369 g/mol. The molecule has 4 nitrogen and oxygen atoms in total. The maximum atomic E-state index is 6.00. The molecule has 0 aliphatic carbocycles. The SMILES string of the molecule is CC(C)Oc1ccccc1CN1CCCc2cccc(n2)CCCOCC1. The molecule has 1 aliphatic heterocycles. The first-order valence-electron chi connectivity index (χ1n) is 10.2. The molecule has 0 spiro atoms. The van der Waals surface area contributed by atoms with Gasteiger partial charge in [0, 0.05) is 36.6 Å². The Balaban J connectivity index is 1.66. The zero-order valence-corrected chi connectivity index (χ0v) is 16.7. The largest absolute Gasteiger partial charge is 0.491 e. The number of ether oxygens (including phenoxy) is 2. The Labute approximate surface area is 163 Å². The van der Waals surface area contributed by atoms with Crippen molar-refractivity contribution in [3.63, 3.8) is 0 Å². The van der Waals surface area contributed by atoms with E-state index in [2.05, 4.69) is 55.1 Å². The Kier molecular flexibility index (Phi) is 7.66. The molecule has 1 aliphatic rings. The lowest BCUT2D eigenvalue weighted by molar-refractivity contribution is 0.0986. The van der Waals surface area contributed by atoms with Crippen LogP contribution in [0.3, 0.4) is 0 Å². The summed E-state index contributed by atoms with van der Waals surface area (Å²) in [4.78, 5) is 7.27. The van der Waals surface area contributed by atoms with Gasteiger partial charge in [0.15, 0.2) is 0 Å². The van der Waals surface area contributed by atoms with Gasteiger partial charge in [0.05, 0.1) is 12.7 Å². The molecular weight excluding hydrogens is 336 g/mol. The number of hydrogen-bond donors (Lipinski definition) is 0. The van der Waals surface area contributed by atoms with Gasteiger partial charge >= 0.3 is 0 Å². The Hall–Kier alpha value is -1.91. The fourth-order valence-electron chi connectivity index (χ4n) is 3.46. The van der Waals surface area contributed by atoms with Crippen LogP contribution in [0.15, 0.2) is 42.5 Å². The second-order valence-corrected chi connectivity index (χ2v) is 7.49. The minimum atomic E-state index is 0.183. The molecule has 4 heteroatoms. The van der Waals surface area contributed by atoms with Crippen LogP contribution in [0, 0.1) is 0 Å². The number of nitrogens with zero attached hydrogens (tertiary/aromatic N) is 2. The molecule has 0 N–H and O–H groups in total. The summed E-state index contributed by atoms with van der Waals surface area (Å²) in [6.45, 7) is 8.59. The van der Waals surface area contributed by atoms with Crippen molar-refractivity contribution in [2.75, 3.05) is 26.3 Å². The summed E-state index contributed by atoms with van der Waals surface area (Å²) in [5.41, 5.74) is 3.64. The van der Waals surface area contributed by atoms with Crippen LogP contribution < -0.4 is 4.74 Å². The van der Waals surface area contributed by atoms with Crippen molar-refractivity contribution in [1.29, 1.82) is 0 Å². The summed E-state index contributed by atoms with van der Waals surface area (Å²) in [6, 6.07) is 14.8. The minimum Gasteiger partial charge on any atom is -0.491 e. The summed E-state index contributed by atoms with van der Waals surface area (Å²) in [5, 5.41) is 0. The van der Waals surface area contributed by atoms with Gasteiger partial charge in [-0.05, 0) is 64.3 Å². The van der Waals surface area contributed by atoms with E-state index in [1.807, 2.05) is 6.07 Å². The number of fused-ring (bicyclic) bond motifs is 2. The van der Waals surface area contributed by atoms with Gasteiger partial charge in [-0.25, -0.2) is 0 Å². The number of pyridine rings is 1. The lowest BCUT2D eigenvalue weighted by Crippen LogP contribution is -2.29. The number of aryl methyl sites for hydroxylation is 2. The van der Waals surface area contributed by atoms with E-state index < -0.39 is 0 Å². The predicted octanol–water partition coefficient (Wildman–Crippen LogP) is 4.27. The second kappa shape index (κ2) is 10.4. The van der Waals surface area contributed by atoms with Crippen molar-refractivity contribution in [2.24, 2.45) is 0 Å². The maximum absolute atomic E-state index is 6.00. The fraction of sp³-hybridized carbons (Fsp3) is 0.522. The van der Waals surface area contributed by atoms with Crippen molar-refractivity contribution in [3.8, 4) is 5.75 Å². The van der Waals surface area contributed by atoms with Crippen LogP contribution in [0.5, 0.6) is 5.75 Å². The highest BCUT2D eigenvalue weighted by molar-refractivity contribution is 5.33.